The topological polar surface area (TPSA) is 83.7 Å². The monoisotopic (exact) mass is 312 g/mol. The van der Waals surface area contributed by atoms with Gasteiger partial charge in [-0.2, -0.15) is 0 Å². The van der Waals surface area contributed by atoms with Crippen molar-refractivity contribution in [1.82, 2.24) is 4.90 Å². The molecule has 0 saturated carbocycles. The van der Waals surface area contributed by atoms with Crippen molar-refractivity contribution in [1.29, 1.82) is 0 Å². The van der Waals surface area contributed by atoms with Crippen molar-refractivity contribution in [3.05, 3.63) is 27.1 Å². The lowest BCUT2D eigenvalue weighted by Crippen LogP contribution is -2.43. The number of aliphatic carboxylic acids is 1. The maximum atomic E-state index is 11.5. The number of hydrogen-bond acceptors (Lipinski definition) is 5. The summed E-state index contributed by atoms with van der Waals surface area (Å²) < 4.78 is 0. The molecule has 0 unspecified atom stereocenters. The van der Waals surface area contributed by atoms with Gasteiger partial charge < -0.3 is 5.11 Å². The first-order valence-corrected chi connectivity index (χ1v) is 7.97. The van der Waals surface area contributed by atoms with Gasteiger partial charge in [0.2, 0.25) is 0 Å². The number of nitro groups is 1. The van der Waals surface area contributed by atoms with Crippen LogP contribution in [0.15, 0.2) is 12.1 Å². The van der Waals surface area contributed by atoms with Crippen LogP contribution in [0.25, 0.3) is 0 Å². The van der Waals surface area contributed by atoms with Gasteiger partial charge in [-0.15, -0.1) is 0 Å². The van der Waals surface area contributed by atoms with Crippen molar-refractivity contribution in [3.8, 4) is 0 Å². The molecule has 0 aromatic carbocycles. The molecule has 2 heterocycles. The molecule has 7 heteroatoms. The molecule has 1 aliphatic heterocycles. The highest BCUT2D eigenvalue weighted by molar-refractivity contribution is 7.15. The van der Waals surface area contributed by atoms with Crippen molar-refractivity contribution in [2.24, 2.45) is 5.41 Å². The summed E-state index contributed by atoms with van der Waals surface area (Å²) in [4.78, 5) is 25.0. The first kappa shape index (κ1) is 15.9. The first-order chi connectivity index (χ1) is 9.97. The molecule has 0 bridgehead atoms. The van der Waals surface area contributed by atoms with Gasteiger partial charge in [0.25, 0.3) is 0 Å². The molecule has 0 spiro atoms. The van der Waals surface area contributed by atoms with E-state index in [1.54, 1.807) is 6.07 Å². The lowest BCUT2D eigenvalue weighted by Gasteiger charge is -2.38. The molecule has 1 aliphatic rings. The smallest absolute Gasteiger partial charge is 0.324 e. The van der Waals surface area contributed by atoms with Crippen molar-refractivity contribution in [3.63, 3.8) is 0 Å². The fraction of sp³-hybridized carbons (Fsp3) is 0.643. The van der Waals surface area contributed by atoms with E-state index < -0.39 is 11.4 Å². The minimum atomic E-state index is -0.684. The Morgan fingerprint density at radius 3 is 2.62 bits per heavy atom. The van der Waals surface area contributed by atoms with Crippen LogP contribution in [0.2, 0.25) is 0 Å². The largest absolute Gasteiger partial charge is 0.481 e. The predicted molar refractivity (Wildman–Crippen MR) is 80.5 cm³/mol. The second kappa shape index (κ2) is 6.53. The molecule has 0 radical (unpaired) electrons. The second-order valence-corrected chi connectivity index (χ2v) is 6.76. The van der Waals surface area contributed by atoms with Crippen molar-refractivity contribution in [2.45, 2.75) is 39.2 Å². The molecule has 1 saturated heterocycles. The summed E-state index contributed by atoms with van der Waals surface area (Å²) >= 11 is 1.19. The van der Waals surface area contributed by atoms with E-state index in [4.69, 9.17) is 0 Å². The molecule has 2 rings (SSSR count). The van der Waals surface area contributed by atoms with Crippen molar-refractivity contribution < 1.29 is 14.8 Å². The van der Waals surface area contributed by atoms with E-state index in [-0.39, 0.29) is 9.92 Å². The van der Waals surface area contributed by atoms with Crippen molar-refractivity contribution in [2.75, 3.05) is 13.1 Å². The SMILES string of the molecule is CCCC1(C(=O)O)CCN(Cc2ccc([N+](=O)[O-])s2)CC1. The second-order valence-electron chi connectivity index (χ2n) is 5.61. The van der Waals surface area contributed by atoms with Gasteiger partial charge in [0.05, 0.1) is 10.3 Å². The Bertz CT molecular complexity index is 521. The van der Waals surface area contributed by atoms with Crippen LogP contribution < -0.4 is 0 Å². The zero-order valence-corrected chi connectivity index (χ0v) is 12.9. The third-order valence-corrected chi connectivity index (χ3v) is 5.22. The van der Waals surface area contributed by atoms with Gasteiger partial charge in [-0.3, -0.25) is 19.8 Å². The van der Waals surface area contributed by atoms with Crippen LogP contribution in [-0.2, 0) is 11.3 Å². The summed E-state index contributed by atoms with van der Waals surface area (Å²) in [5, 5.41) is 20.3. The summed E-state index contributed by atoms with van der Waals surface area (Å²) in [7, 11) is 0. The molecular weight excluding hydrogens is 292 g/mol. The number of thiophene rings is 1. The average Bonchev–Trinajstić information content (AvgIpc) is 2.90. The third-order valence-electron chi connectivity index (χ3n) is 4.20. The Kier molecular flexibility index (Phi) is 4.95. The number of carboxylic acid groups (broad SMARTS) is 1. The Morgan fingerprint density at radius 1 is 1.48 bits per heavy atom. The van der Waals surface area contributed by atoms with E-state index in [1.165, 1.54) is 17.4 Å². The van der Waals surface area contributed by atoms with E-state index in [0.29, 0.717) is 19.4 Å². The molecule has 21 heavy (non-hydrogen) atoms. The lowest BCUT2D eigenvalue weighted by molar-refractivity contribution is -0.380. The minimum Gasteiger partial charge on any atom is -0.481 e. The quantitative estimate of drug-likeness (QED) is 0.644. The standard InChI is InChI=1S/C14H20N2O4S/c1-2-5-14(13(17)18)6-8-15(9-7-14)10-11-3-4-12(21-11)16(19)20/h3-4H,2,5-10H2,1H3,(H,17,18). The Hall–Kier alpha value is -1.47. The van der Waals surface area contributed by atoms with Crippen LogP contribution in [0.5, 0.6) is 0 Å². The molecule has 0 amide bonds. The summed E-state index contributed by atoms with van der Waals surface area (Å²) in [5.41, 5.74) is -0.577. The lowest BCUT2D eigenvalue weighted by atomic mass is 9.75. The highest BCUT2D eigenvalue weighted by atomic mass is 32.1. The fourth-order valence-electron chi connectivity index (χ4n) is 2.96. The van der Waals surface area contributed by atoms with Crippen LogP contribution in [0.4, 0.5) is 5.00 Å². The highest BCUT2D eigenvalue weighted by Gasteiger charge is 2.40. The number of likely N-dealkylation sites (tertiary alicyclic amines) is 1. The van der Waals surface area contributed by atoms with Gasteiger partial charge in [-0.05, 0) is 38.4 Å². The number of piperidine rings is 1. The van der Waals surface area contributed by atoms with E-state index >= 15 is 0 Å². The van der Waals surface area contributed by atoms with Crippen LogP contribution in [-0.4, -0.2) is 34.0 Å². The molecule has 116 valence electrons. The number of hydrogen-bond donors (Lipinski definition) is 1. The summed E-state index contributed by atoms with van der Waals surface area (Å²) in [5.74, 6) is -0.684. The molecular formula is C14H20N2O4S. The van der Waals surface area contributed by atoms with E-state index in [0.717, 1.165) is 30.8 Å². The van der Waals surface area contributed by atoms with Crippen LogP contribution in [0.3, 0.4) is 0 Å². The van der Waals surface area contributed by atoms with Gasteiger partial charge in [0.1, 0.15) is 0 Å². The zero-order chi connectivity index (χ0) is 15.5. The Balaban J connectivity index is 1.94. The highest BCUT2D eigenvalue weighted by Crippen LogP contribution is 2.37. The molecule has 1 N–H and O–H groups in total. The number of nitrogens with zero attached hydrogens (tertiary/aromatic N) is 2. The molecule has 1 fully saturated rings. The van der Waals surface area contributed by atoms with Gasteiger partial charge >= 0.3 is 11.0 Å². The minimum absolute atomic E-state index is 0.160. The van der Waals surface area contributed by atoms with Gasteiger partial charge in [0.15, 0.2) is 0 Å². The third kappa shape index (κ3) is 3.59. The molecule has 1 aromatic heterocycles. The normalized spacial score (nSPS) is 18.5. The zero-order valence-electron chi connectivity index (χ0n) is 12.1. The van der Waals surface area contributed by atoms with E-state index in [2.05, 4.69) is 4.90 Å². The summed E-state index contributed by atoms with van der Waals surface area (Å²) in [6.45, 7) is 4.15. The molecule has 0 aliphatic carbocycles. The fourth-order valence-corrected chi connectivity index (χ4v) is 3.82. The predicted octanol–water partition coefficient (Wildman–Crippen LogP) is 3.12. The number of carboxylic acids is 1. The molecule has 1 aromatic rings. The summed E-state index contributed by atoms with van der Waals surface area (Å²) in [6, 6.07) is 3.32. The molecule has 0 atom stereocenters. The van der Waals surface area contributed by atoms with Gasteiger partial charge in [-0.1, -0.05) is 24.7 Å². The Labute approximate surface area is 127 Å². The van der Waals surface area contributed by atoms with Gasteiger partial charge in [0, 0.05) is 17.5 Å². The molecule has 6 nitrogen and oxygen atoms in total. The number of rotatable bonds is 6. The maximum absolute atomic E-state index is 11.5. The summed E-state index contributed by atoms with van der Waals surface area (Å²) in [6.07, 6.45) is 2.91. The van der Waals surface area contributed by atoms with Crippen molar-refractivity contribution >= 4 is 22.3 Å². The van der Waals surface area contributed by atoms with Crippen LogP contribution >= 0.6 is 11.3 Å². The van der Waals surface area contributed by atoms with E-state index in [1.807, 2.05) is 6.92 Å². The van der Waals surface area contributed by atoms with Crippen LogP contribution in [0.1, 0.15) is 37.5 Å². The van der Waals surface area contributed by atoms with Gasteiger partial charge in [-0.25, -0.2) is 0 Å². The number of carbonyl (C=O) groups is 1. The van der Waals surface area contributed by atoms with E-state index in [9.17, 15) is 20.0 Å². The maximum Gasteiger partial charge on any atom is 0.324 e. The Morgan fingerprint density at radius 2 is 2.14 bits per heavy atom. The average molecular weight is 312 g/mol. The first-order valence-electron chi connectivity index (χ1n) is 7.16. The van der Waals surface area contributed by atoms with Crippen LogP contribution in [0, 0.1) is 15.5 Å².